The van der Waals surface area contributed by atoms with E-state index in [1.54, 1.807) is 12.1 Å². The Labute approximate surface area is 89.2 Å². The summed E-state index contributed by atoms with van der Waals surface area (Å²) in [5, 5.41) is 10.6. The van der Waals surface area contributed by atoms with Gasteiger partial charge in [-0.2, -0.15) is 0 Å². The van der Waals surface area contributed by atoms with Gasteiger partial charge in [0, 0.05) is 0 Å². The minimum Gasteiger partial charge on any atom is -0.614 e. The maximum Gasteiger partial charge on any atom is 1.00 e. The number of hydrogen-bond donors (Lipinski definition) is 0. The van der Waals surface area contributed by atoms with E-state index in [1.807, 2.05) is 18.2 Å². The van der Waals surface area contributed by atoms with Crippen molar-refractivity contribution in [3.63, 3.8) is 0 Å². The van der Waals surface area contributed by atoms with E-state index in [1.165, 1.54) is 7.11 Å². The molecule has 0 amide bonds. The third-order valence-corrected chi connectivity index (χ3v) is 1.24. The van der Waals surface area contributed by atoms with E-state index in [0.717, 1.165) is 6.26 Å². The summed E-state index contributed by atoms with van der Waals surface area (Å²) in [7, 11) is 1.30. The monoisotopic (exact) mass is 172 g/mol. The second kappa shape index (κ2) is 6.47. The van der Waals surface area contributed by atoms with E-state index in [4.69, 9.17) is 4.74 Å². The van der Waals surface area contributed by atoms with Gasteiger partial charge in [-0.3, -0.25) is 0 Å². The predicted octanol–water partition coefficient (Wildman–Crippen LogP) is -2.12. The molecule has 0 radical (unpaired) electrons. The number of ether oxygens (including phenoxy) is 2. The van der Waals surface area contributed by atoms with Gasteiger partial charge in [0.2, 0.25) is 0 Å². The maximum absolute atomic E-state index is 10.6. The molecule has 0 atom stereocenters. The van der Waals surface area contributed by atoms with E-state index in [9.17, 15) is 5.11 Å². The van der Waals surface area contributed by atoms with E-state index in [-0.39, 0.29) is 18.9 Å². The summed E-state index contributed by atoms with van der Waals surface area (Å²) in [5.74, 6) is 0.113. The van der Waals surface area contributed by atoms with Crippen LogP contribution < -0.4 is 28.7 Å². The summed E-state index contributed by atoms with van der Waals surface area (Å²) in [6.07, 6.45) is 1.02. The number of methoxy groups -OCH3 is 1. The largest absolute Gasteiger partial charge is 1.00 e. The van der Waals surface area contributed by atoms with Crippen LogP contribution in [0.2, 0.25) is 0 Å². The molecule has 0 aliphatic carbocycles. The van der Waals surface area contributed by atoms with Crippen LogP contribution in [0.25, 0.3) is 0 Å². The first-order valence-corrected chi connectivity index (χ1v) is 3.46. The number of hydrogen-bond acceptors (Lipinski definition) is 3. The second-order valence-corrected chi connectivity index (χ2v) is 2.07. The van der Waals surface area contributed by atoms with Gasteiger partial charge in [-0.25, -0.2) is 0 Å². The van der Waals surface area contributed by atoms with Crippen molar-refractivity contribution in [2.45, 2.75) is 0 Å². The molecule has 0 aromatic heterocycles. The molecule has 0 aliphatic rings. The Balaban J connectivity index is 0.00000144. The summed E-state index contributed by atoms with van der Waals surface area (Å²) < 4.78 is 9.31. The summed E-state index contributed by atoms with van der Waals surface area (Å²) in [4.78, 5) is 0. The number of benzene rings is 1. The molecule has 0 unspecified atom stereocenters. The molecule has 0 saturated carbocycles. The Morgan fingerprint density at radius 2 is 1.92 bits per heavy atom. The van der Waals surface area contributed by atoms with Crippen LogP contribution in [-0.2, 0) is 4.74 Å². The van der Waals surface area contributed by atoms with Crippen LogP contribution in [0.3, 0.4) is 0 Å². The second-order valence-electron chi connectivity index (χ2n) is 2.07. The van der Waals surface area contributed by atoms with Crippen LogP contribution >= 0.6 is 0 Å². The van der Waals surface area contributed by atoms with Crippen molar-refractivity contribution in [3.05, 3.63) is 42.5 Å². The Kier molecular flexibility index (Phi) is 5.95. The summed E-state index contributed by atoms with van der Waals surface area (Å²) >= 11 is 0. The molecule has 0 spiro atoms. The summed E-state index contributed by atoms with van der Waals surface area (Å²) in [5.41, 5.74) is 0. The van der Waals surface area contributed by atoms with Crippen LogP contribution in [0.1, 0.15) is 0 Å². The van der Waals surface area contributed by atoms with Crippen molar-refractivity contribution >= 4 is 0 Å². The average molecular weight is 172 g/mol. The van der Waals surface area contributed by atoms with Crippen molar-refractivity contribution in [3.8, 4) is 5.75 Å². The predicted molar refractivity (Wildman–Crippen MR) is 42.2 cm³/mol. The average Bonchev–Trinajstić information content (AvgIpc) is 2.16. The Morgan fingerprint density at radius 1 is 1.31 bits per heavy atom. The van der Waals surface area contributed by atoms with Gasteiger partial charge in [-0.05, 0) is 19.2 Å². The zero-order valence-electron chi connectivity index (χ0n) is 7.69. The van der Waals surface area contributed by atoms with Crippen LogP contribution in [-0.4, -0.2) is 7.11 Å². The van der Waals surface area contributed by atoms with Crippen LogP contribution in [0, 0.1) is 0 Å². The standard InChI is InChI=1S/C9H10O3.Li/c1-11-9(10)7-12-8-5-3-2-4-6-8;/h2-7,10H,1H3;/q;+1/p-1/b9-7+;. The van der Waals surface area contributed by atoms with Crippen molar-refractivity contribution < 1.29 is 33.4 Å². The fraction of sp³-hybridized carbons (Fsp3) is 0.111. The molecular formula is C9H9LiO3. The molecule has 0 heterocycles. The first-order valence-electron chi connectivity index (χ1n) is 3.46. The van der Waals surface area contributed by atoms with Crippen molar-refractivity contribution in [1.82, 2.24) is 0 Å². The topological polar surface area (TPSA) is 41.5 Å². The van der Waals surface area contributed by atoms with Gasteiger partial charge in [0.15, 0.2) is 0 Å². The van der Waals surface area contributed by atoms with Gasteiger partial charge >= 0.3 is 18.9 Å². The Hall–Kier alpha value is -1.04. The fourth-order valence-electron chi connectivity index (χ4n) is 0.663. The third kappa shape index (κ3) is 4.51. The molecule has 13 heavy (non-hydrogen) atoms. The van der Waals surface area contributed by atoms with E-state index >= 15 is 0 Å². The fourth-order valence-corrected chi connectivity index (χ4v) is 0.663. The quantitative estimate of drug-likeness (QED) is 0.386. The van der Waals surface area contributed by atoms with Gasteiger partial charge in [-0.1, -0.05) is 18.2 Å². The Bertz CT molecular complexity index is 259. The van der Waals surface area contributed by atoms with Crippen LogP contribution in [0.4, 0.5) is 0 Å². The molecule has 1 aromatic rings. The van der Waals surface area contributed by atoms with E-state index < -0.39 is 5.95 Å². The first kappa shape index (κ1) is 12.0. The number of rotatable bonds is 3. The Morgan fingerprint density at radius 3 is 2.46 bits per heavy atom. The van der Waals surface area contributed by atoms with E-state index in [0.29, 0.717) is 5.75 Å². The van der Waals surface area contributed by atoms with Crippen molar-refractivity contribution in [2.24, 2.45) is 0 Å². The van der Waals surface area contributed by atoms with Crippen LogP contribution in [0.15, 0.2) is 42.5 Å². The molecule has 3 nitrogen and oxygen atoms in total. The van der Waals surface area contributed by atoms with Gasteiger partial charge in [0.25, 0.3) is 0 Å². The van der Waals surface area contributed by atoms with Crippen molar-refractivity contribution in [2.75, 3.05) is 7.11 Å². The molecule has 1 rings (SSSR count). The normalized spacial score (nSPS) is 10.1. The first-order chi connectivity index (χ1) is 5.83. The number of para-hydroxylation sites is 1. The minimum absolute atomic E-state index is 0. The third-order valence-electron chi connectivity index (χ3n) is 1.24. The SMILES string of the molecule is CO/C([O-])=C/Oc1ccccc1.[Li+]. The summed E-state index contributed by atoms with van der Waals surface area (Å²) in [6.45, 7) is 0. The molecule has 0 saturated heterocycles. The molecule has 4 heteroatoms. The van der Waals surface area contributed by atoms with Crippen LogP contribution in [0.5, 0.6) is 5.75 Å². The maximum atomic E-state index is 10.6. The van der Waals surface area contributed by atoms with Gasteiger partial charge in [0.05, 0.1) is 5.95 Å². The molecule has 0 N–H and O–H groups in total. The summed E-state index contributed by atoms with van der Waals surface area (Å²) in [6, 6.07) is 9.00. The molecule has 1 aromatic carbocycles. The molecule has 64 valence electrons. The van der Waals surface area contributed by atoms with E-state index in [2.05, 4.69) is 4.74 Å². The molecule has 0 fully saturated rings. The van der Waals surface area contributed by atoms with Gasteiger partial charge < -0.3 is 14.6 Å². The minimum atomic E-state index is -0.501. The van der Waals surface area contributed by atoms with Gasteiger partial charge in [-0.15, -0.1) is 0 Å². The molecule has 0 bridgehead atoms. The molecular weight excluding hydrogens is 163 g/mol. The molecule has 0 aliphatic heterocycles. The zero-order valence-corrected chi connectivity index (χ0v) is 7.69. The van der Waals surface area contributed by atoms with Crippen molar-refractivity contribution in [1.29, 1.82) is 0 Å². The smallest absolute Gasteiger partial charge is 0.614 e. The van der Waals surface area contributed by atoms with Gasteiger partial charge in [0.1, 0.15) is 12.0 Å². The zero-order chi connectivity index (χ0) is 8.81.